The van der Waals surface area contributed by atoms with E-state index in [4.69, 9.17) is 4.74 Å². The summed E-state index contributed by atoms with van der Waals surface area (Å²) in [6.07, 6.45) is 2.66. The molecule has 1 aliphatic carbocycles. The first-order valence-electron chi connectivity index (χ1n) is 10.6. The van der Waals surface area contributed by atoms with Crippen molar-refractivity contribution in [3.63, 3.8) is 0 Å². The smallest absolute Gasteiger partial charge is 0.410 e. The first-order chi connectivity index (χ1) is 14.1. The number of carbonyl (C=O) groups is 1. The molecule has 0 spiro atoms. The summed E-state index contributed by atoms with van der Waals surface area (Å²) in [4.78, 5) is 17.5. The van der Waals surface area contributed by atoms with Crippen molar-refractivity contribution >= 4 is 6.09 Å². The number of amides is 1. The van der Waals surface area contributed by atoms with Gasteiger partial charge in [-0.3, -0.25) is 4.90 Å². The minimum absolute atomic E-state index is 0.00323. The molecule has 2 heterocycles. The third-order valence-corrected chi connectivity index (χ3v) is 6.93. The molecule has 1 saturated heterocycles. The molecule has 4 atom stereocenters. The monoisotopic (exact) mass is 394 g/mol. The van der Waals surface area contributed by atoms with Gasteiger partial charge < -0.3 is 9.64 Å². The van der Waals surface area contributed by atoms with Crippen LogP contribution in [-0.4, -0.2) is 48.7 Å². The van der Waals surface area contributed by atoms with Crippen molar-refractivity contribution in [2.45, 2.75) is 31.4 Å². The van der Waals surface area contributed by atoms with Crippen LogP contribution in [0.25, 0.3) is 0 Å². The van der Waals surface area contributed by atoms with Gasteiger partial charge >= 0.3 is 6.09 Å². The van der Waals surface area contributed by atoms with Gasteiger partial charge in [-0.1, -0.05) is 36.4 Å². The predicted molar refractivity (Wildman–Crippen MR) is 109 cm³/mol. The first-order valence-corrected chi connectivity index (χ1v) is 10.6. The van der Waals surface area contributed by atoms with Gasteiger partial charge in [0.25, 0.3) is 0 Å². The Balaban J connectivity index is 1.42. The summed E-state index contributed by atoms with van der Waals surface area (Å²) in [5.74, 6) is 0.826. The topological polar surface area (TPSA) is 32.8 Å². The number of halogens is 1. The Morgan fingerprint density at radius 1 is 1.07 bits per heavy atom. The SMILES string of the molecule is CN1C[C@@H]2CC[C@H](OC(=O)N3CCc4ccccc4[C@@H]3c3ccc(F)cc3)[C@@H]2C1. The van der Waals surface area contributed by atoms with Crippen molar-refractivity contribution in [3.8, 4) is 0 Å². The average molecular weight is 394 g/mol. The number of fused-ring (bicyclic) bond motifs is 2. The summed E-state index contributed by atoms with van der Waals surface area (Å²) >= 11 is 0. The molecule has 2 aliphatic heterocycles. The minimum atomic E-state index is -0.269. The molecule has 1 saturated carbocycles. The van der Waals surface area contributed by atoms with Gasteiger partial charge in [-0.2, -0.15) is 0 Å². The molecular formula is C24H27FN2O2. The lowest BCUT2D eigenvalue weighted by Crippen LogP contribution is -2.43. The normalized spacial score (nSPS) is 28.8. The van der Waals surface area contributed by atoms with E-state index >= 15 is 0 Å². The van der Waals surface area contributed by atoms with Crippen LogP contribution in [0.15, 0.2) is 48.5 Å². The highest BCUT2D eigenvalue weighted by atomic mass is 19.1. The van der Waals surface area contributed by atoms with Gasteiger partial charge in [-0.05, 0) is 61.1 Å². The van der Waals surface area contributed by atoms with Gasteiger partial charge in [0.1, 0.15) is 11.9 Å². The Kier molecular flexibility index (Phi) is 4.78. The molecule has 2 fully saturated rings. The van der Waals surface area contributed by atoms with Gasteiger partial charge in [0, 0.05) is 25.6 Å². The van der Waals surface area contributed by atoms with Crippen LogP contribution in [0.4, 0.5) is 9.18 Å². The van der Waals surface area contributed by atoms with Crippen LogP contribution in [0.1, 0.15) is 35.6 Å². The Morgan fingerprint density at radius 3 is 2.69 bits per heavy atom. The second-order valence-electron chi connectivity index (χ2n) is 8.74. The van der Waals surface area contributed by atoms with Gasteiger partial charge in [0.05, 0.1) is 6.04 Å². The van der Waals surface area contributed by atoms with Crippen LogP contribution in [0, 0.1) is 17.7 Å². The Morgan fingerprint density at radius 2 is 1.86 bits per heavy atom. The number of hydrogen-bond donors (Lipinski definition) is 0. The van der Waals surface area contributed by atoms with Crippen LogP contribution in [0.5, 0.6) is 0 Å². The zero-order valence-electron chi connectivity index (χ0n) is 16.8. The molecule has 0 aromatic heterocycles. The van der Waals surface area contributed by atoms with Crippen LogP contribution < -0.4 is 0 Å². The highest BCUT2D eigenvalue weighted by molar-refractivity contribution is 5.70. The maximum atomic E-state index is 13.5. The largest absolute Gasteiger partial charge is 0.446 e. The second kappa shape index (κ2) is 7.45. The molecule has 0 N–H and O–H groups in total. The van der Waals surface area contributed by atoms with Crippen LogP contribution in [0.3, 0.4) is 0 Å². The number of ether oxygens (including phenoxy) is 1. The molecule has 0 radical (unpaired) electrons. The fourth-order valence-corrected chi connectivity index (χ4v) is 5.55. The molecule has 29 heavy (non-hydrogen) atoms. The van der Waals surface area contributed by atoms with Crippen LogP contribution in [0.2, 0.25) is 0 Å². The van der Waals surface area contributed by atoms with E-state index in [0.29, 0.717) is 18.4 Å². The maximum Gasteiger partial charge on any atom is 0.410 e. The maximum absolute atomic E-state index is 13.5. The predicted octanol–water partition coefficient (Wildman–Crippen LogP) is 4.25. The van der Waals surface area contributed by atoms with Crippen molar-refractivity contribution in [2.24, 2.45) is 11.8 Å². The lowest BCUT2D eigenvalue weighted by Gasteiger charge is -2.38. The van der Waals surface area contributed by atoms with E-state index in [9.17, 15) is 9.18 Å². The van der Waals surface area contributed by atoms with E-state index in [1.165, 1.54) is 17.7 Å². The molecule has 0 bridgehead atoms. The third-order valence-electron chi connectivity index (χ3n) is 6.93. The van der Waals surface area contributed by atoms with Crippen LogP contribution in [-0.2, 0) is 11.2 Å². The quantitative estimate of drug-likeness (QED) is 0.763. The highest BCUT2D eigenvalue weighted by Gasteiger charge is 2.44. The number of likely N-dealkylation sites (tertiary alicyclic amines) is 1. The minimum Gasteiger partial charge on any atom is -0.446 e. The van der Waals surface area contributed by atoms with Gasteiger partial charge in [0.15, 0.2) is 0 Å². The van der Waals surface area contributed by atoms with Crippen molar-refractivity contribution in [3.05, 3.63) is 71.0 Å². The Bertz CT molecular complexity index is 900. The number of rotatable bonds is 2. The van der Waals surface area contributed by atoms with E-state index < -0.39 is 0 Å². The number of hydrogen-bond acceptors (Lipinski definition) is 3. The molecule has 4 nitrogen and oxygen atoms in total. The summed E-state index contributed by atoms with van der Waals surface area (Å²) in [6.45, 7) is 2.72. The molecule has 152 valence electrons. The number of carbonyl (C=O) groups excluding carboxylic acids is 1. The van der Waals surface area contributed by atoms with E-state index in [-0.39, 0.29) is 24.1 Å². The fourth-order valence-electron chi connectivity index (χ4n) is 5.55. The summed E-state index contributed by atoms with van der Waals surface area (Å²) in [5.41, 5.74) is 3.26. The molecule has 5 heteroatoms. The molecule has 2 aromatic carbocycles. The lowest BCUT2D eigenvalue weighted by molar-refractivity contribution is 0.0357. The zero-order valence-corrected chi connectivity index (χ0v) is 16.8. The third kappa shape index (κ3) is 3.42. The van der Waals surface area contributed by atoms with E-state index in [2.05, 4.69) is 24.1 Å². The van der Waals surface area contributed by atoms with Crippen molar-refractivity contribution in [1.82, 2.24) is 9.80 Å². The van der Waals surface area contributed by atoms with Crippen molar-refractivity contribution in [1.29, 1.82) is 0 Å². The van der Waals surface area contributed by atoms with E-state index in [1.807, 2.05) is 17.0 Å². The average Bonchev–Trinajstić information content (AvgIpc) is 3.27. The molecule has 0 unspecified atom stereocenters. The second-order valence-corrected chi connectivity index (χ2v) is 8.74. The molecule has 2 aromatic rings. The van der Waals surface area contributed by atoms with Gasteiger partial charge in [-0.25, -0.2) is 9.18 Å². The molecular weight excluding hydrogens is 367 g/mol. The lowest BCUT2D eigenvalue weighted by atomic mass is 9.88. The van der Waals surface area contributed by atoms with Crippen molar-refractivity contribution < 1.29 is 13.9 Å². The zero-order chi connectivity index (χ0) is 20.0. The number of nitrogens with zero attached hydrogens (tertiary/aromatic N) is 2. The van der Waals surface area contributed by atoms with E-state index in [0.717, 1.165) is 43.5 Å². The molecule has 1 amide bonds. The summed E-state index contributed by atoms with van der Waals surface area (Å²) in [7, 11) is 2.14. The Hall–Kier alpha value is -2.40. The molecule has 5 rings (SSSR count). The summed E-state index contributed by atoms with van der Waals surface area (Å²) < 4.78 is 19.6. The number of benzene rings is 2. The van der Waals surface area contributed by atoms with Crippen molar-refractivity contribution in [2.75, 3.05) is 26.7 Å². The van der Waals surface area contributed by atoms with Crippen LogP contribution >= 0.6 is 0 Å². The highest BCUT2D eigenvalue weighted by Crippen LogP contribution is 2.41. The molecule has 3 aliphatic rings. The summed E-state index contributed by atoms with van der Waals surface area (Å²) in [5, 5.41) is 0. The fraction of sp³-hybridized carbons (Fsp3) is 0.458. The summed E-state index contributed by atoms with van der Waals surface area (Å²) in [6, 6.07) is 14.5. The van der Waals surface area contributed by atoms with Gasteiger partial charge in [-0.15, -0.1) is 0 Å². The van der Waals surface area contributed by atoms with Gasteiger partial charge in [0.2, 0.25) is 0 Å². The first kappa shape index (κ1) is 18.6. The Labute approximate surface area is 171 Å². The van der Waals surface area contributed by atoms with E-state index in [1.54, 1.807) is 12.1 Å². The standard InChI is InChI=1S/C24H27FN2O2/c1-26-14-18-8-11-22(21(18)15-26)29-24(28)27-13-12-16-4-2-3-5-20(16)23(27)17-6-9-19(25)10-7-17/h2-7,9-10,18,21-23H,8,11-15H2,1H3/t18-,21+,22-,23-/m0/s1.